The maximum absolute atomic E-state index is 13.5. The van der Waals surface area contributed by atoms with Gasteiger partial charge in [0.2, 0.25) is 5.75 Å². The first-order chi connectivity index (χ1) is 18.3. The SMILES string of the molecule is CCCOc1ccc(/C(O)=C2\C(=O)C(=O)N(c3ccc(C)cc3)C2c2cc(OC)c(OC)c(OC)c2)cc1. The maximum Gasteiger partial charge on any atom is 0.300 e. The number of aliphatic hydroxyl groups is 1. The average Bonchev–Trinajstić information content (AvgIpc) is 3.21. The highest BCUT2D eigenvalue weighted by Gasteiger charge is 2.47. The number of aryl methyl sites for hydroxylation is 1. The van der Waals surface area contributed by atoms with Gasteiger partial charge < -0.3 is 24.1 Å². The third kappa shape index (κ3) is 4.89. The first-order valence-corrected chi connectivity index (χ1v) is 12.2. The van der Waals surface area contributed by atoms with Crippen LogP contribution in [0.15, 0.2) is 66.2 Å². The molecule has 8 heteroatoms. The number of rotatable bonds is 9. The molecule has 1 N–H and O–H groups in total. The van der Waals surface area contributed by atoms with Crippen LogP contribution in [-0.4, -0.2) is 44.7 Å². The Kier molecular flexibility index (Phi) is 7.90. The second-order valence-electron chi connectivity index (χ2n) is 8.84. The predicted octanol–water partition coefficient (Wildman–Crippen LogP) is 5.44. The second-order valence-corrected chi connectivity index (χ2v) is 8.84. The number of Topliss-reactive ketones (excluding diaryl/α,β-unsaturated/α-hetero) is 1. The monoisotopic (exact) mass is 517 g/mol. The van der Waals surface area contributed by atoms with Gasteiger partial charge in [-0.15, -0.1) is 0 Å². The molecule has 0 bridgehead atoms. The zero-order valence-corrected chi connectivity index (χ0v) is 22.1. The van der Waals surface area contributed by atoms with Gasteiger partial charge in [-0.1, -0.05) is 24.6 Å². The molecule has 1 unspecified atom stereocenters. The van der Waals surface area contributed by atoms with Gasteiger partial charge in [-0.3, -0.25) is 14.5 Å². The van der Waals surface area contributed by atoms with Crippen molar-refractivity contribution < 1.29 is 33.6 Å². The van der Waals surface area contributed by atoms with Crippen LogP contribution in [0.2, 0.25) is 0 Å². The molecule has 8 nitrogen and oxygen atoms in total. The van der Waals surface area contributed by atoms with Gasteiger partial charge in [0.05, 0.1) is 39.6 Å². The third-order valence-corrected chi connectivity index (χ3v) is 6.36. The quantitative estimate of drug-likeness (QED) is 0.230. The van der Waals surface area contributed by atoms with E-state index in [0.717, 1.165) is 12.0 Å². The molecule has 1 saturated heterocycles. The minimum atomic E-state index is -0.956. The van der Waals surface area contributed by atoms with E-state index in [4.69, 9.17) is 18.9 Å². The molecule has 0 saturated carbocycles. The molecule has 3 aromatic carbocycles. The lowest BCUT2D eigenvalue weighted by atomic mass is 9.94. The van der Waals surface area contributed by atoms with Crippen LogP contribution in [0.25, 0.3) is 5.76 Å². The van der Waals surface area contributed by atoms with Crippen molar-refractivity contribution in [2.75, 3.05) is 32.8 Å². The number of ether oxygens (including phenoxy) is 4. The molecule has 0 aliphatic carbocycles. The number of methoxy groups -OCH3 is 3. The number of ketones is 1. The topological polar surface area (TPSA) is 94.5 Å². The van der Waals surface area contributed by atoms with Gasteiger partial charge in [-0.05, 0) is 67.4 Å². The van der Waals surface area contributed by atoms with Crippen LogP contribution < -0.4 is 23.8 Å². The summed E-state index contributed by atoms with van der Waals surface area (Å²) < 4.78 is 22.1. The number of carbonyl (C=O) groups excluding carboxylic acids is 2. The maximum atomic E-state index is 13.5. The molecule has 1 amide bonds. The summed E-state index contributed by atoms with van der Waals surface area (Å²) in [6.07, 6.45) is 0.860. The number of benzene rings is 3. The molecule has 1 aliphatic rings. The fourth-order valence-electron chi connectivity index (χ4n) is 4.46. The van der Waals surface area contributed by atoms with E-state index >= 15 is 0 Å². The van der Waals surface area contributed by atoms with Crippen LogP contribution in [0.5, 0.6) is 23.0 Å². The Balaban J connectivity index is 1.93. The van der Waals surface area contributed by atoms with Crippen LogP contribution >= 0.6 is 0 Å². The molecule has 198 valence electrons. The highest BCUT2D eigenvalue weighted by molar-refractivity contribution is 6.51. The van der Waals surface area contributed by atoms with Gasteiger partial charge in [-0.25, -0.2) is 0 Å². The number of anilines is 1. The Morgan fingerprint density at radius 1 is 0.895 bits per heavy atom. The Hall–Kier alpha value is -4.46. The van der Waals surface area contributed by atoms with E-state index in [2.05, 4.69) is 0 Å². The lowest BCUT2D eigenvalue weighted by Crippen LogP contribution is -2.29. The summed E-state index contributed by atoms with van der Waals surface area (Å²) in [4.78, 5) is 28.3. The largest absolute Gasteiger partial charge is 0.507 e. The molecule has 4 rings (SSSR count). The van der Waals surface area contributed by atoms with Gasteiger partial charge in [0.1, 0.15) is 11.5 Å². The van der Waals surface area contributed by atoms with Gasteiger partial charge in [0.15, 0.2) is 11.5 Å². The summed E-state index contributed by atoms with van der Waals surface area (Å²) in [5, 5.41) is 11.4. The fraction of sp³-hybridized carbons (Fsp3) is 0.267. The standard InChI is InChI=1S/C30H31NO7/c1-6-15-38-22-13-9-19(10-14-22)27(32)25-26(20-16-23(35-3)29(37-5)24(17-20)36-4)31(30(34)28(25)33)21-11-7-18(2)8-12-21/h7-14,16-17,26,32H,6,15H2,1-5H3/b27-25+. The van der Waals surface area contributed by atoms with Crippen molar-refractivity contribution in [3.63, 3.8) is 0 Å². The Morgan fingerprint density at radius 2 is 1.50 bits per heavy atom. The molecule has 0 radical (unpaired) electrons. The van der Waals surface area contributed by atoms with E-state index in [1.807, 2.05) is 26.0 Å². The smallest absolute Gasteiger partial charge is 0.300 e. The summed E-state index contributed by atoms with van der Waals surface area (Å²) in [7, 11) is 4.46. The van der Waals surface area contributed by atoms with E-state index in [9.17, 15) is 14.7 Å². The van der Waals surface area contributed by atoms with E-state index in [1.165, 1.54) is 26.2 Å². The van der Waals surface area contributed by atoms with Crippen molar-refractivity contribution in [1.29, 1.82) is 0 Å². The second kappa shape index (κ2) is 11.3. The van der Waals surface area contributed by atoms with Gasteiger partial charge in [0.25, 0.3) is 11.7 Å². The fourth-order valence-corrected chi connectivity index (χ4v) is 4.46. The average molecular weight is 518 g/mol. The Morgan fingerprint density at radius 3 is 2.03 bits per heavy atom. The lowest BCUT2D eigenvalue weighted by molar-refractivity contribution is -0.132. The summed E-state index contributed by atoms with van der Waals surface area (Å²) >= 11 is 0. The van der Waals surface area contributed by atoms with Gasteiger partial charge in [0, 0.05) is 11.3 Å². The third-order valence-electron chi connectivity index (χ3n) is 6.36. The van der Waals surface area contributed by atoms with E-state index in [0.29, 0.717) is 46.4 Å². The molecule has 38 heavy (non-hydrogen) atoms. The minimum absolute atomic E-state index is 0.0490. The Bertz CT molecular complexity index is 1340. The molecule has 1 atom stereocenters. The van der Waals surface area contributed by atoms with Crippen molar-refractivity contribution in [3.8, 4) is 23.0 Å². The first-order valence-electron chi connectivity index (χ1n) is 12.2. The highest BCUT2D eigenvalue weighted by Crippen LogP contribution is 2.47. The highest BCUT2D eigenvalue weighted by atomic mass is 16.5. The van der Waals surface area contributed by atoms with Crippen molar-refractivity contribution in [3.05, 3.63) is 82.9 Å². The molecular formula is C30H31NO7. The number of nitrogens with zero attached hydrogens (tertiary/aromatic N) is 1. The summed E-state index contributed by atoms with van der Waals surface area (Å²) in [6, 6.07) is 16.4. The molecule has 0 aromatic heterocycles. The zero-order valence-electron chi connectivity index (χ0n) is 22.1. The summed E-state index contributed by atoms with van der Waals surface area (Å²) in [5.41, 5.74) is 2.35. The van der Waals surface area contributed by atoms with Crippen LogP contribution in [0.3, 0.4) is 0 Å². The van der Waals surface area contributed by atoms with Crippen LogP contribution in [0.1, 0.15) is 36.1 Å². The van der Waals surface area contributed by atoms with Crippen LogP contribution in [0.4, 0.5) is 5.69 Å². The number of aliphatic hydroxyl groups excluding tert-OH is 1. The van der Waals surface area contributed by atoms with Crippen LogP contribution in [0, 0.1) is 6.92 Å². The number of carbonyl (C=O) groups is 2. The molecule has 1 fully saturated rings. The molecule has 1 heterocycles. The van der Waals surface area contributed by atoms with Crippen molar-refractivity contribution in [1.82, 2.24) is 0 Å². The van der Waals surface area contributed by atoms with Crippen molar-refractivity contribution in [2.45, 2.75) is 26.3 Å². The first kappa shape index (κ1) is 26.6. The molecule has 1 aliphatic heterocycles. The van der Waals surface area contributed by atoms with E-state index < -0.39 is 17.7 Å². The molecule has 3 aromatic rings. The number of amides is 1. The van der Waals surface area contributed by atoms with Crippen LogP contribution in [-0.2, 0) is 9.59 Å². The lowest BCUT2D eigenvalue weighted by Gasteiger charge is -2.26. The van der Waals surface area contributed by atoms with Crippen molar-refractivity contribution in [2.24, 2.45) is 0 Å². The number of hydrogen-bond acceptors (Lipinski definition) is 7. The zero-order chi connectivity index (χ0) is 27.4. The molecule has 0 spiro atoms. The van der Waals surface area contributed by atoms with E-state index in [-0.39, 0.29) is 11.3 Å². The van der Waals surface area contributed by atoms with Gasteiger partial charge >= 0.3 is 0 Å². The predicted molar refractivity (Wildman–Crippen MR) is 144 cm³/mol. The summed E-state index contributed by atoms with van der Waals surface area (Å²) in [5.74, 6) is -0.120. The summed E-state index contributed by atoms with van der Waals surface area (Å²) in [6.45, 7) is 4.51. The van der Waals surface area contributed by atoms with Gasteiger partial charge in [-0.2, -0.15) is 0 Å². The molecular weight excluding hydrogens is 486 g/mol. The Labute approximate surface area is 222 Å². The van der Waals surface area contributed by atoms with E-state index in [1.54, 1.807) is 48.5 Å². The minimum Gasteiger partial charge on any atom is -0.507 e. The number of hydrogen-bond donors (Lipinski definition) is 1. The normalized spacial score (nSPS) is 16.4. The van der Waals surface area contributed by atoms with Crippen molar-refractivity contribution >= 4 is 23.1 Å².